The summed E-state index contributed by atoms with van der Waals surface area (Å²) < 4.78 is 0.615. The Balaban J connectivity index is 3.45. The van der Waals surface area contributed by atoms with Gasteiger partial charge in [0.25, 0.3) is 0 Å². The number of rotatable bonds is 14. The van der Waals surface area contributed by atoms with Gasteiger partial charge in [-0.2, -0.15) is 37.9 Å². The Morgan fingerprint density at radius 2 is 1.06 bits per heavy atom. The van der Waals surface area contributed by atoms with E-state index in [2.05, 4.69) is 37.9 Å². The predicted octanol–water partition coefficient (Wildman–Crippen LogP) is 5.89. The third-order valence-electron chi connectivity index (χ3n) is 1.30. The molecule has 18 heavy (non-hydrogen) atoms. The van der Waals surface area contributed by atoms with Gasteiger partial charge in [-0.1, -0.05) is 0 Å². The monoisotopic (exact) mass is 434 g/mol. The lowest BCUT2D eigenvalue weighted by Gasteiger charge is -2.14. The van der Waals surface area contributed by atoms with Crippen molar-refractivity contribution in [2.45, 2.75) is 3.91 Å². The van der Waals surface area contributed by atoms with Crippen molar-refractivity contribution in [2.24, 2.45) is 0 Å². The van der Waals surface area contributed by atoms with E-state index in [1.807, 2.05) is 82.3 Å². The summed E-state index contributed by atoms with van der Waals surface area (Å²) in [7, 11) is 0. The SMILES string of the molecule is SCSCSCSC(SCS)SCSCSCS. The van der Waals surface area contributed by atoms with Gasteiger partial charge in [-0.15, -0.1) is 82.3 Å². The van der Waals surface area contributed by atoms with E-state index in [1.165, 1.54) is 0 Å². The quantitative estimate of drug-likeness (QED) is 0.175. The van der Waals surface area contributed by atoms with E-state index in [-0.39, 0.29) is 0 Å². The summed E-state index contributed by atoms with van der Waals surface area (Å²) in [6, 6.07) is 0. The summed E-state index contributed by atoms with van der Waals surface area (Å²) in [6.45, 7) is 0. The summed E-state index contributed by atoms with van der Waals surface area (Å²) in [4.78, 5) is 0. The fraction of sp³-hybridized carbons (Fsp3) is 1.00. The molecule has 0 aromatic heterocycles. The molecule has 0 amide bonds. The molecule has 0 unspecified atom stereocenters. The second-order valence-corrected chi connectivity index (χ2v) is 14.3. The first-order valence-corrected chi connectivity index (χ1v) is 14.5. The molecule has 0 aliphatic rings. The van der Waals surface area contributed by atoms with Crippen molar-refractivity contribution >= 4 is 120 Å². The van der Waals surface area contributed by atoms with Crippen LogP contribution in [-0.2, 0) is 0 Å². The first kappa shape index (κ1) is 21.5. The Bertz CT molecular complexity index is 143. The van der Waals surface area contributed by atoms with E-state index >= 15 is 0 Å². The smallest absolute Gasteiger partial charge is 0.0980 e. The third kappa shape index (κ3) is 15.9. The standard InChI is InChI=1S/C8H18S10/c9-1-12-4-14-6-17-8(16-3-11)18-7-15-5-13-2-10/h8-11H,1-7H2. The normalized spacial score (nSPS) is 11.3. The molecule has 0 N–H and O–H groups in total. The van der Waals surface area contributed by atoms with E-state index in [4.69, 9.17) is 0 Å². The van der Waals surface area contributed by atoms with Crippen molar-refractivity contribution in [1.82, 2.24) is 0 Å². The van der Waals surface area contributed by atoms with E-state index in [0.717, 1.165) is 35.6 Å². The second kappa shape index (κ2) is 18.5. The summed E-state index contributed by atoms with van der Waals surface area (Å²) in [6.07, 6.45) is 0. The van der Waals surface area contributed by atoms with Crippen LogP contribution < -0.4 is 0 Å². The van der Waals surface area contributed by atoms with Crippen LogP contribution in [0.1, 0.15) is 0 Å². The van der Waals surface area contributed by atoms with Crippen LogP contribution in [0, 0.1) is 0 Å². The van der Waals surface area contributed by atoms with Gasteiger partial charge in [-0.25, -0.2) is 0 Å². The molecular weight excluding hydrogens is 417 g/mol. The highest BCUT2D eigenvalue weighted by molar-refractivity contribution is 8.39. The van der Waals surface area contributed by atoms with Gasteiger partial charge < -0.3 is 0 Å². The van der Waals surface area contributed by atoms with E-state index in [0.29, 0.717) is 3.91 Å². The van der Waals surface area contributed by atoms with Crippen LogP contribution >= 0.6 is 120 Å². The zero-order valence-electron chi connectivity index (χ0n) is 9.73. The molecule has 110 valence electrons. The lowest BCUT2D eigenvalue weighted by molar-refractivity contribution is 1.96. The third-order valence-corrected chi connectivity index (χ3v) is 11.7. The molecule has 0 bridgehead atoms. The van der Waals surface area contributed by atoms with Gasteiger partial charge in [-0.3, -0.25) is 0 Å². The topological polar surface area (TPSA) is 0 Å². The Hall–Kier alpha value is 3.50. The van der Waals surface area contributed by atoms with Crippen molar-refractivity contribution in [3.05, 3.63) is 0 Å². The average Bonchev–Trinajstić information content (AvgIpc) is 2.38. The lowest BCUT2D eigenvalue weighted by Crippen LogP contribution is -1.93. The predicted molar refractivity (Wildman–Crippen MR) is 118 cm³/mol. The fourth-order valence-electron chi connectivity index (χ4n) is 0.673. The zero-order chi connectivity index (χ0) is 13.5. The molecule has 0 heterocycles. The molecule has 0 aromatic rings. The summed E-state index contributed by atoms with van der Waals surface area (Å²) in [5.41, 5.74) is 0. The molecule has 0 fully saturated rings. The highest BCUT2D eigenvalue weighted by atomic mass is 32.3. The number of thioether (sulfide) groups is 7. The molecule has 0 nitrogen and oxygen atoms in total. The van der Waals surface area contributed by atoms with Gasteiger partial charge in [0.1, 0.15) is 0 Å². The van der Waals surface area contributed by atoms with Gasteiger partial charge in [0.05, 0.1) is 3.91 Å². The minimum absolute atomic E-state index is 0.615. The molecule has 0 aliphatic heterocycles. The van der Waals surface area contributed by atoms with Crippen LogP contribution in [0.15, 0.2) is 0 Å². The Labute approximate surface area is 158 Å². The number of hydrogen-bond acceptors (Lipinski definition) is 10. The van der Waals surface area contributed by atoms with Gasteiger partial charge in [0.15, 0.2) is 0 Å². The number of thiol groups is 3. The van der Waals surface area contributed by atoms with Crippen LogP contribution in [0.25, 0.3) is 0 Å². The fourth-order valence-corrected chi connectivity index (χ4v) is 11.7. The molecule has 0 rings (SSSR count). The second-order valence-electron chi connectivity index (χ2n) is 2.46. The molecular formula is C8H18S10. The largest absolute Gasteiger partial charge is 0.168 e. The summed E-state index contributed by atoms with van der Waals surface area (Å²) in [5, 5.41) is 7.35. The minimum Gasteiger partial charge on any atom is -0.168 e. The lowest BCUT2D eigenvalue weighted by atomic mass is 11.8. The Morgan fingerprint density at radius 3 is 1.44 bits per heavy atom. The van der Waals surface area contributed by atoms with E-state index < -0.39 is 0 Å². The molecule has 0 saturated heterocycles. The minimum atomic E-state index is 0.615. The average molecular weight is 435 g/mol. The molecule has 0 aromatic carbocycles. The molecule has 0 atom stereocenters. The summed E-state index contributed by atoms with van der Waals surface area (Å²) in [5.74, 6) is 0. The first-order valence-electron chi connectivity index (χ1n) is 4.83. The summed E-state index contributed by atoms with van der Waals surface area (Å²) >= 11 is 26.4. The molecule has 0 radical (unpaired) electrons. The first-order chi connectivity index (χ1) is 8.85. The van der Waals surface area contributed by atoms with Gasteiger partial charge in [0, 0.05) is 35.6 Å². The Morgan fingerprint density at radius 1 is 0.556 bits per heavy atom. The van der Waals surface area contributed by atoms with Gasteiger partial charge in [-0.05, 0) is 0 Å². The van der Waals surface area contributed by atoms with Crippen molar-refractivity contribution in [1.29, 1.82) is 0 Å². The van der Waals surface area contributed by atoms with Crippen LogP contribution in [0.5, 0.6) is 0 Å². The molecule has 10 heteroatoms. The van der Waals surface area contributed by atoms with Crippen molar-refractivity contribution in [3.63, 3.8) is 0 Å². The highest BCUT2D eigenvalue weighted by Crippen LogP contribution is 2.38. The maximum atomic E-state index is 4.31. The van der Waals surface area contributed by atoms with Gasteiger partial charge in [0.2, 0.25) is 0 Å². The van der Waals surface area contributed by atoms with Crippen LogP contribution in [-0.4, -0.2) is 39.5 Å². The van der Waals surface area contributed by atoms with E-state index in [9.17, 15) is 0 Å². The molecule has 0 aliphatic carbocycles. The van der Waals surface area contributed by atoms with Crippen molar-refractivity contribution in [2.75, 3.05) is 35.6 Å². The van der Waals surface area contributed by atoms with Crippen LogP contribution in [0.3, 0.4) is 0 Å². The van der Waals surface area contributed by atoms with Crippen LogP contribution in [0.4, 0.5) is 0 Å². The van der Waals surface area contributed by atoms with Crippen molar-refractivity contribution in [3.8, 4) is 0 Å². The van der Waals surface area contributed by atoms with Crippen molar-refractivity contribution < 1.29 is 0 Å². The van der Waals surface area contributed by atoms with Gasteiger partial charge >= 0.3 is 0 Å². The maximum absolute atomic E-state index is 4.31. The maximum Gasteiger partial charge on any atom is 0.0980 e. The highest BCUT2D eigenvalue weighted by Gasteiger charge is 2.09. The zero-order valence-corrected chi connectivity index (χ0v) is 18.1. The van der Waals surface area contributed by atoms with Crippen LogP contribution in [0.2, 0.25) is 0 Å². The molecule has 0 spiro atoms. The Kier molecular flexibility index (Phi) is 22.2. The molecule has 0 saturated carbocycles. The number of hydrogen-bond donors (Lipinski definition) is 3. The van der Waals surface area contributed by atoms with E-state index in [1.54, 1.807) is 0 Å².